The number of hydrogen-bond acceptors (Lipinski definition) is 3. The second-order valence-corrected chi connectivity index (χ2v) is 4.66. The van der Waals surface area contributed by atoms with Gasteiger partial charge in [-0.3, -0.25) is 0 Å². The molecule has 0 aromatic heterocycles. The number of benzene rings is 2. The Labute approximate surface area is 120 Å². The van der Waals surface area contributed by atoms with Gasteiger partial charge in [0.15, 0.2) is 11.6 Å². The lowest BCUT2D eigenvalue weighted by Crippen LogP contribution is -2.07. The van der Waals surface area contributed by atoms with Crippen LogP contribution in [0.2, 0.25) is 0 Å². The maximum atomic E-state index is 13.1. The Morgan fingerprint density at radius 2 is 1.95 bits per heavy atom. The van der Waals surface area contributed by atoms with Crippen LogP contribution in [0.1, 0.15) is 21.5 Å². The van der Waals surface area contributed by atoms with E-state index in [1.54, 1.807) is 13.0 Å². The van der Waals surface area contributed by atoms with E-state index in [2.05, 4.69) is 5.32 Å². The quantitative estimate of drug-likeness (QED) is 0.757. The van der Waals surface area contributed by atoms with E-state index < -0.39 is 17.6 Å². The van der Waals surface area contributed by atoms with Crippen molar-refractivity contribution < 1.29 is 18.7 Å². The SMILES string of the molecule is Cc1cc(NCc2ccc(F)c(F)c2)cc(C(=O)O)c1N. The monoisotopic (exact) mass is 292 g/mol. The first kappa shape index (κ1) is 14.8. The Balaban J connectivity index is 2.20. The number of aryl methyl sites for hydroxylation is 1. The lowest BCUT2D eigenvalue weighted by Gasteiger charge is -2.11. The highest BCUT2D eigenvalue weighted by molar-refractivity contribution is 5.95. The van der Waals surface area contributed by atoms with Gasteiger partial charge in [0.2, 0.25) is 0 Å². The van der Waals surface area contributed by atoms with Crippen molar-refractivity contribution in [3.63, 3.8) is 0 Å². The third kappa shape index (κ3) is 3.28. The summed E-state index contributed by atoms with van der Waals surface area (Å²) in [5.41, 5.74) is 7.62. The van der Waals surface area contributed by atoms with Crippen LogP contribution in [0.15, 0.2) is 30.3 Å². The van der Waals surface area contributed by atoms with Crippen molar-refractivity contribution in [2.24, 2.45) is 0 Å². The molecule has 0 aliphatic rings. The maximum Gasteiger partial charge on any atom is 0.337 e. The van der Waals surface area contributed by atoms with Crippen LogP contribution in [-0.4, -0.2) is 11.1 Å². The zero-order chi connectivity index (χ0) is 15.6. The molecule has 110 valence electrons. The predicted octanol–water partition coefficient (Wildman–Crippen LogP) is 3.17. The smallest absolute Gasteiger partial charge is 0.337 e. The minimum atomic E-state index is -1.12. The van der Waals surface area contributed by atoms with Crippen molar-refractivity contribution in [2.45, 2.75) is 13.5 Å². The van der Waals surface area contributed by atoms with Gasteiger partial charge in [-0.25, -0.2) is 13.6 Å². The summed E-state index contributed by atoms with van der Waals surface area (Å²) in [6, 6.07) is 6.69. The number of hydrogen-bond donors (Lipinski definition) is 3. The number of nitrogen functional groups attached to an aromatic ring is 1. The molecule has 4 nitrogen and oxygen atoms in total. The van der Waals surface area contributed by atoms with Gasteiger partial charge < -0.3 is 16.2 Å². The first-order chi connectivity index (χ1) is 9.88. The van der Waals surface area contributed by atoms with Gasteiger partial charge in [0, 0.05) is 17.9 Å². The number of nitrogens with one attached hydrogen (secondary N) is 1. The number of carbonyl (C=O) groups is 1. The van der Waals surface area contributed by atoms with Crippen LogP contribution < -0.4 is 11.1 Å². The van der Waals surface area contributed by atoms with Gasteiger partial charge in [-0.2, -0.15) is 0 Å². The van der Waals surface area contributed by atoms with E-state index in [1.165, 1.54) is 12.1 Å². The Morgan fingerprint density at radius 1 is 1.24 bits per heavy atom. The van der Waals surface area contributed by atoms with E-state index in [0.717, 1.165) is 12.1 Å². The van der Waals surface area contributed by atoms with Gasteiger partial charge in [0.25, 0.3) is 0 Å². The average Bonchev–Trinajstić information content (AvgIpc) is 2.43. The number of carboxylic acids is 1. The Kier molecular flexibility index (Phi) is 4.07. The van der Waals surface area contributed by atoms with Gasteiger partial charge >= 0.3 is 5.97 Å². The summed E-state index contributed by atoms with van der Waals surface area (Å²) in [5.74, 6) is -2.95. The predicted molar refractivity (Wildman–Crippen MR) is 76.2 cm³/mol. The molecule has 0 aliphatic carbocycles. The molecule has 2 aromatic carbocycles. The fourth-order valence-electron chi connectivity index (χ4n) is 1.93. The maximum absolute atomic E-state index is 13.1. The summed E-state index contributed by atoms with van der Waals surface area (Å²) in [4.78, 5) is 11.1. The highest BCUT2D eigenvalue weighted by atomic mass is 19.2. The fourth-order valence-corrected chi connectivity index (χ4v) is 1.93. The van der Waals surface area contributed by atoms with E-state index in [1.807, 2.05) is 0 Å². The highest BCUT2D eigenvalue weighted by Crippen LogP contribution is 2.23. The third-order valence-corrected chi connectivity index (χ3v) is 3.10. The zero-order valence-corrected chi connectivity index (χ0v) is 11.3. The topological polar surface area (TPSA) is 75.3 Å². The number of rotatable bonds is 4. The molecule has 0 radical (unpaired) electrons. The molecule has 0 unspecified atom stereocenters. The van der Waals surface area contributed by atoms with Crippen molar-refractivity contribution >= 4 is 17.3 Å². The molecule has 4 N–H and O–H groups in total. The van der Waals surface area contributed by atoms with Crippen molar-refractivity contribution in [3.05, 3.63) is 58.7 Å². The lowest BCUT2D eigenvalue weighted by molar-refractivity contribution is 0.0698. The molecule has 0 fully saturated rings. The first-order valence-electron chi connectivity index (χ1n) is 6.19. The van der Waals surface area contributed by atoms with Crippen molar-refractivity contribution in [1.82, 2.24) is 0 Å². The minimum Gasteiger partial charge on any atom is -0.478 e. The number of aromatic carboxylic acids is 1. The molecule has 2 rings (SSSR count). The fraction of sp³-hybridized carbons (Fsp3) is 0.133. The van der Waals surface area contributed by atoms with Crippen LogP contribution in [-0.2, 0) is 6.54 Å². The van der Waals surface area contributed by atoms with Gasteiger partial charge in [-0.15, -0.1) is 0 Å². The molecule has 0 aliphatic heterocycles. The lowest BCUT2D eigenvalue weighted by atomic mass is 10.1. The molecular formula is C15H14F2N2O2. The van der Waals surface area contributed by atoms with E-state index >= 15 is 0 Å². The van der Waals surface area contributed by atoms with Crippen molar-refractivity contribution in [2.75, 3.05) is 11.1 Å². The molecule has 0 saturated heterocycles. The third-order valence-electron chi connectivity index (χ3n) is 3.10. The molecular weight excluding hydrogens is 278 g/mol. The Bertz CT molecular complexity index is 702. The average molecular weight is 292 g/mol. The van der Waals surface area contributed by atoms with Crippen molar-refractivity contribution in [3.8, 4) is 0 Å². The summed E-state index contributed by atoms with van der Waals surface area (Å²) in [6.45, 7) is 1.93. The Hall–Kier alpha value is -2.63. The van der Waals surface area contributed by atoms with Crippen LogP contribution in [0.25, 0.3) is 0 Å². The van der Waals surface area contributed by atoms with Gasteiger partial charge in [-0.1, -0.05) is 6.07 Å². The molecule has 0 saturated carbocycles. The summed E-state index contributed by atoms with van der Waals surface area (Å²) < 4.78 is 25.9. The van der Waals surface area contributed by atoms with E-state index in [9.17, 15) is 13.6 Å². The van der Waals surface area contributed by atoms with Gasteiger partial charge in [0.1, 0.15) is 0 Å². The first-order valence-corrected chi connectivity index (χ1v) is 6.19. The normalized spacial score (nSPS) is 10.4. The van der Waals surface area contributed by atoms with Crippen molar-refractivity contribution in [1.29, 1.82) is 0 Å². The molecule has 0 atom stereocenters. The summed E-state index contributed by atoms with van der Waals surface area (Å²) in [5, 5.41) is 12.0. The largest absolute Gasteiger partial charge is 0.478 e. The summed E-state index contributed by atoms with van der Waals surface area (Å²) in [6.07, 6.45) is 0. The molecule has 0 bridgehead atoms. The molecule has 21 heavy (non-hydrogen) atoms. The van der Waals surface area contributed by atoms with Crippen LogP contribution in [0.3, 0.4) is 0 Å². The second-order valence-electron chi connectivity index (χ2n) is 4.66. The molecule has 2 aromatic rings. The number of nitrogens with two attached hydrogens (primary N) is 1. The Morgan fingerprint density at radius 3 is 2.57 bits per heavy atom. The van der Waals surface area contributed by atoms with Crippen LogP contribution in [0, 0.1) is 18.6 Å². The van der Waals surface area contributed by atoms with Crippen LogP contribution in [0.5, 0.6) is 0 Å². The summed E-state index contributed by atoms with van der Waals surface area (Å²) in [7, 11) is 0. The highest BCUT2D eigenvalue weighted by Gasteiger charge is 2.11. The second kappa shape index (κ2) is 5.78. The molecule has 0 amide bonds. The van der Waals surface area contributed by atoms with Crippen LogP contribution in [0.4, 0.5) is 20.2 Å². The van der Waals surface area contributed by atoms with E-state index in [-0.39, 0.29) is 17.8 Å². The van der Waals surface area contributed by atoms with E-state index in [4.69, 9.17) is 10.8 Å². The molecule has 0 heterocycles. The standard InChI is InChI=1S/C15H14F2N2O2/c1-8-4-10(6-11(14(8)18)15(20)21)19-7-9-2-3-12(16)13(17)5-9/h2-6,19H,7,18H2,1H3,(H,20,21). The number of halogens is 2. The van der Waals surface area contributed by atoms with E-state index in [0.29, 0.717) is 16.8 Å². The summed E-state index contributed by atoms with van der Waals surface area (Å²) >= 11 is 0. The van der Waals surface area contributed by atoms with Gasteiger partial charge in [0.05, 0.1) is 5.56 Å². The number of anilines is 2. The minimum absolute atomic E-state index is 0.00258. The van der Waals surface area contributed by atoms with Crippen LogP contribution >= 0.6 is 0 Å². The van der Waals surface area contributed by atoms with Gasteiger partial charge in [-0.05, 0) is 42.3 Å². The zero-order valence-electron chi connectivity index (χ0n) is 11.3. The molecule has 6 heteroatoms. The number of carboxylic acid groups (broad SMARTS) is 1. The molecule has 0 spiro atoms.